The van der Waals surface area contributed by atoms with Crippen molar-refractivity contribution in [3.05, 3.63) is 59.9 Å². The van der Waals surface area contributed by atoms with Crippen LogP contribution in [0.3, 0.4) is 0 Å². The number of piperidine rings is 1. The number of nitrogens with one attached hydrogen (secondary N) is 1. The topological polar surface area (TPSA) is 54.5 Å². The highest BCUT2D eigenvalue weighted by Gasteiger charge is 2.36. The van der Waals surface area contributed by atoms with Gasteiger partial charge in [0.2, 0.25) is 5.91 Å². The smallest absolute Gasteiger partial charge is 0.226 e. The monoisotopic (exact) mass is 421 g/mol. The quantitative estimate of drug-likeness (QED) is 0.731. The number of benzene rings is 1. The first-order valence-electron chi connectivity index (χ1n) is 11.7. The molecular formula is C26H35N3O2. The van der Waals surface area contributed by atoms with E-state index in [1.165, 1.54) is 37.7 Å². The van der Waals surface area contributed by atoms with Crippen LogP contribution in [0.25, 0.3) is 0 Å². The summed E-state index contributed by atoms with van der Waals surface area (Å²) in [6.07, 6.45) is 10.6. The highest BCUT2D eigenvalue weighted by molar-refractivity contribution is 5.78. The number of rotatable bonds is 7. The maximum atomic E-state index is 12.4. The molecular weight excluding hydrogens is 386 g/mol. The van der Waals surface area contributed by atoms with Gasteiger partial charge in [0, 0.05) is 43.0 Å². The van der Waals surface area contributed by atoms with Gasteiger partial charge in [0.05, 0.1) is 13.5 Å². The van der Waals surface area contributed by atoms with Gasteiger partial charge in [0.25, 0.3) is 0 Å². The van der Waals surface area contributed by atoms with Crippen LogP contribution in [0, 0.1) is 0 Å². The number of aromatic nitrogens is 1. The highest BCUT2D eigenvalue weighted by Crippen LogP contribution is 2.41. The number of pyridine rings is 1. The number of likely N-dealkylation sites (tertiary alicyclic amines) is 1. The van der Waals surface area contributed by atoms with Gasteiger partial charge >= 0.3 is 0 Å². The van der Waals surface area contributed by atoms with Gasteiger partial charge in [-0.1, -0.05) is 37.5 Å². The van der Waals surface area contributed by atoms with Gasteiger partial charge in [-0.3, -0.25) is 9.78 Å². The molecule has 1 aliphatic heterocycles. The minimum absolute atomic E-state index is 0.0825. The number of amides is 1. The van der Waals surface area contributed by atoms with Crippen molar-refractivity contribution in [3.8, 4) is 5.75 Å². The Labute approximate surface area is 186 Å². The lowest BCUT2D eigenvalue weighted by Crippen LogP contribution is -2.49. The Morgan fingerprint density at radius 2 is 1.84 bits per heavy atom. The minimum atomic E-state index is 0.0825. The maximum Gasteiger partial charge on any atom is 0.226 e. The predicted molar refractivity (Wildman–Crippen MR) is 123 cm³/mol. The Hall–Kier alpha value is -2.40. The number of hydrogen-bond acceptors (Lipinski definition) is 4. The average Bonchev–Trinajstić information content (AvgIpc) is 2.82. The highest BCUT2D eigenvalue weighted by atomic mass is 16.5. The summed E-state index contributed by atoms with van der Waals surface area (Å²) >= 11 is 0. The second-order valence-corrected chi connectivity index (χ2v) is 9.19. The summed E-state index contributed by atoms with van der Waals surface area (Å²) in [6.45, 7) is 3.22. The van der Waals surface area contributed by atoms with Crippen molar-refractivity contribution in [2.24, 2.45) is 0 Å². The number of ether oxygens (including phenoxy) is 1. The molecule has 2 heterocycles. The molecule has 0 spiro atoms. The van der Waals surface area contributed by atoms with E-state index in [1.54, 1.807) is 13.3 Å². The van der Waals surface area contributed by atoms with E-state index in [0.29, 0.717) is 6.42 Å². The maximum absolute atomic E-state index is 12.4. The summed E-state index contributed by atoms with van der Waals surface area (Å²) in [5.41, 5.74) is 2.54. The molecule has 2 aromatic rings. The first-order chi connectivity index (χ1) is 15.2. The summed E-state index contributed by atoms with van der Waals surface area (Å²) in [4.78, 5) is 19.3. The molecule has 31 heavy (non-hydrogen) atoms. The van der Waals surface area contributed by atoms with Crippen LogP contribution in [0.2, 0.25) is 0 Å². The van der Waals surface area contributed by atoms with E-state index in [1.807, 2.05) is 18.2 Å². The zero-order valence-electron chi connectivity index (χ0n) is 18.7. The first kappa shape index (κ1) is 21.8. The van der Waals surface area contributed by atoms with E-state index in [4.69, 9.17) is 4.74 Å². The summed E-state index contributed by atoms with van der Waals surface area (Å²) in [7, 11) is 1.73. The van der Waals surface area contributed by atoms with Crippen molar-refractivity contribution in [2.75, 3.05) is 26.7 Å². The molecule has 1 aromatic carbocycles. The summed E-state index contributed by atoms with van der Waals surface area (Å²) in [6, 6.07) is 14.7. The Bertz CT molecular complexity index is 823. The summed E-state index contributed by atoms with van der Waals surface area (Å²) in [5.74, 6) is 1.01. The minimum Gasteiger partial charge on any atom is -0.497 e. The fourth-order valence-electron chi connectivity index (χ4n) is 5.32. The van der Waals surface area contributed by atoms with E-state index in [2.05, 4.69) is 39.5 Å². The molecule has 1 saturated carbocycles. The lowest BCUT2D eigenvalue weighted by molar-refractivity contribution is -0.121. The molecule has 0 unspecified atom stereocenters. The summed E-state index contributed by atoms with van der Waals surface area (Å²) < 4.78 is 5.37. The molecule has 0 bridgehead atoms. The number of hydrogen-bond donors (Lipinski definition) is 1. The molecule has 2 fully saturated rings. The third kappa shape index (κ3) is 5.65. The van der Waals surface area contributed by atoms with Gasteiger partial charge in [0.15, 0.2) is 0 Å². The van der Waals surface area contributed by atoms with E-state index in [0.717, 1.165) is 43.9 Å². The Kier molecular flexibility index (Phi) is 7.23. The van der Waals surface area contributed by atoms with Gasteiger partial charge in [-0.2, -0.15) is 0 Å². The fourth-order valence-corrected chi connectivity index (χ4v) is 5.32. The second-order valence-electron chi connectivity index (χ2n) is 9.19. The number of nitrogens with zero attached hydrogens (tertiary/aromatic N) is 2. The van der Waals surface area contributed by atoms with Crippen LogP contribution in [0.5, 0.6) is 5.75 Å². The lowest BCUT2D eigenvalue weighted by Gasteiger charge is -2.44. The normalized spacial score (nSPS) is 19.6. The molecule has 0 atom stereocenters. The molecule has 1 aromatic heterocycles. The third-order valence-electron chi connectivity index (χ3n) is 7.06. The van der Waals surface area contributed by atoms with E-state index in [9.17, 15) is 4.79 Å². The van der Waals surface area contributed by atoms with Crippen LogP contribution in [0.4, 0.5) is 0 Å². The molecule has 1 N–H and O–H groups in total. The van der Waals surface area contributed by atoms with Crippen molar-refractivity contribution < 1.29 is 9.53 Å². The van der Waals surface area contributed by atoms with E-state index < -0.39 is 0 Å². The van der Waals surface area contributed by atoms with Crippen molar-refractivity contribution >= 4 is 5.91 Å². The third-order valence-corrected chi connectivity index (χ3v) is 7.06. The number of methoxy groups -OCH3 is 1. The van der Waals surface area contributed by atoms with Crippen LogP contribution in [0.1, 0.15) is 56.2 Å². The standard InChI is InChI=1S/C26H35N3O2/c1-31-24-10-8-21(9-11-24)26(14-4-2-5-15-26)20-29-17-12-22(13-18-29)28-25(30)19-23-7-3-6-16-27-23/h3,6-11,16,22H,2,4-5,12-15,17-20H2,1H3,(H,28,30). The van der Waals surface area contributed by atoms with Gasteiger partial charge in [-0.25, -0.2) is 0 Å². The number of carbonyl (C=O) groups excluding carboxylic acids is 1. The van der Waals surface area contributed by atoms with Crippen molar-refractivity contribution in [3.63, 3.8) is 0 Å². The van der Waals surface area contributed by atoms with Crippen molar-refractivity contribution in [2.45, 2.75) is 62.8 Å². The predicted octanol–water partition coefficient (Wildman–Crippen LogP) is 4.12. The van der Waals surface area contributed by atoms with Gasteiger partial charge in [-0.15, -0.1) is 0 Å². The molecule has 0 radical (unpaired) electrons. The molecule has 5 heteroatoms. The molecule has 1 saturated heterocycles. The van der Waals surface area contributed by atoms with Crippen LogP contribution >= 0.6 is 0 Å². The average molecular weight is 422 g/mol. The first-order valence-corrected chi connectivity index (χ1v) is 11.7. The molecule has 1 amide bonds. The zero-order valence-corrected chi connectivity index (χ0v) is 18.7. The Morgan fingerprint density at radius 1 is 1.10 bits per heavy atom. The van der Waals surface area contributed by atoms with Gasteiger partial charge < -0.3 is 15.0 Å². The Morgan fingerprint density at radius 3 is 2.48 bits per heavy atom. The van der Waals surface area contributed by atoms with Crippen LogP contribution in [0.15, 0.2) is 48.7 Å². The second kappa shape index (κ2) is 10.3. The molecule has 5 nitrogen and oxygen atoms in total. The molecule has 4 rings (SSSR count). The zero-order chi connectivity index (χ0) is 21.5. The molecule has 1 aliphatic carbocycles. The van der Waals surface area contributed by atoms with Gasteiger partial charge in [-0.05, 0) is 55.5 Å². The lowest BCUT2D eigenvalue weighted by atomic mass is 9.69. The fraction of sp³-hybridized carbons (Fsp3) is 0.538. The van der Waals surface area contributed by atoms with Crippen LogP contribution in [-0.2, 0) is 16.6 Å². The molecule has 166 valence electrons. The SMILES string of the molecule is COc1ccc(C2(CN3CCC(NC(=O)Cc4ccccn4)CC3)CCCCC2)cc1. The van der Waals surface area contributed by atoms with Crippen LogP contribution < -0.4 is 10.1 Å². The van der Waals surface area contributed by atoms with Crippen molar-refractivity contribution in [1.82, 2.24) is 15.2 Å². The number of carbonyl (C=O) groups is 1. The Balaban J connectivity index is 1.32. The van der Waals surface area contributed by atoms with Crippen molar-refractivity contribution in [1.29, 1.82) is 0 Å². The molecule has 2 aliphatic rings. The largest absolute Gasteiger partial charge is 0.497 e. The van der Waals surface area contributed by atoms with E-state index >= 15 is 0 Å². The van der Waals surface area contributed by atoms with Crippen LogP contribution in [-0.4, -0.2) is 48.6 Å². The summed E-state index contributed by atoms with van der Waals surface area (Å²) in [5, 5.41) is 3.23. The van der Waals surface area contributed by atoms with Gasteiger partial charge in [0.1, 0.15) is 5.75 Å². The van der Waals surface area contributed by atoms with E-state index in [-0.39, 0.29) is 17.4 Å².